The van der Waals surface area contributed by atoms with E-state index in [1.807, 2.05) is 6.07 Å². The van der Waals surface area contributed by atoms with Crippen LogP contribution in [-0.2, 0) is 12.0 Å². The molecule has 1 fully saturated rings. The van der Waals surface area contributed by atoms with Crippen LogP contribution in [0, 0.1) is 5.92 Å². The van der Waals surface area contributed by atoms with Crippen molar-refractivity contribution < 1.29 is 5.11 Å². The fourth-order valence-corrected chi connectivity index (χ4v) is 4.26. The molecule has 0 saturated heterocycles. The third-order valence-corrected chi connectivity index (χ3v) is 5.67. The zero-order valence-electron chi connectivity index (χ0n) is 14.7. The molecule has 1 unspecified atom stereocenters. The van der Waals surface area contributed by atoms with Gasteiger partial charge in [0.15, 0.2) is 0 Å². The highest BCUT2D eigenvalue weighted by molar-refractivity contribution is 5.23. The largest absolute Gasteiger partial charge is 0.385 e. The van der Waals surface area contributed by atoms with Crippen molar-refractivity contribution >= 4 is 0 Å². The molecule has 1 atom stereocenters. The Morgan fingerprint density at radius 3 is 2.08 bits per heavy atom. The van der Waals surface area contributed by atoms with Crippen molar-refractivity contribution in [3.05, 3.63) is 71.8 Å². The molecule has 0 bridgehead atoms. The van der Waals surface area contributed by atoms with Crippen molar-refractivity contribution in [3.63, 3.8) is 0 Å². The Balaban J connectivity index is 1.64. The molecule has 1 heteroatoms. The Bertz CT molecular complexity index is 586. The van der Waals surface area contributed by atoms with Gasteiger partial charge in [0.2, 0.25) is 0 Å². The van der Waals surface area contributed by atoms with Gasteiger partial charge in [-0.3, -0.25) is 0 Å². The van der Waals surface area contributed by atoms with Crippen LogP contribution < -0.4 is 0 Å². The molecular weight excluding hydrogens is 292 g/mol. The minimum atomic E-state index is -0.641. The quantitative estimate of drug-likeness (QED) is 0.632. The zero-order chi connectivity index (χ0) is 16.7. The van der Waals surface area contributed by atoms with Gasteiger partial charge in [-0.25, -0.2) is 0 Å². The summed E-state index contributed by atoms with van der Waals surface area (Å²) in [6.45, 7) is 0. The second kappa shape index (κ2) is 8.48. The third kappa shape index (κ3) is 4.27. The smallest absolute Gasteiger partial charge is 0.0924 e. The second-order valence-corrected chi connectivity index (χ2v) is 7.32. The average Bonchev–Trinajstić information content (AvgIpc) is 2.67. The first kappa shape index (κ1) is 17.2. The van der Waals surface area contributed by atoms with Crippen molar-refractivity contribution in [2.24, 2.45) is 5.92 Å². The van der Waals surface area contributed by atoms with Crippen LogP contribution in [0.1, 0.15) is 62.5 Å². The van der Waals surface area contributed by atoms with Gasteiger partial charge in [0.1, 0.15) is 0 Å². The number of hydrogen-bond donors (Lipinski definition) is 1. The molecule has 2 aromatic carbocycles. The molecule has 128 valence electrons. The zero-order valence-corrected chi connectivity index (χ0v) is 14.7. The molecule has 3 rings (SSSR count). The molecule has 0 heterocycles. The van der Waals surface area contributed by atoms with Gasteiger partial charge >= 0.3 is 0 Å². The molecule has 0 radical (unpaired) electrons. The minimum absolute atomic E-state index is 0.422. The number of rotatable bonds is 7. The Kier molecular flexibility index (Phi) is 6.09. The van der Waals surface area contributed by atoms with E-state index >= 15 is 0 Å². The van der Waals surface area contributed by atoms with Gasteiger partial charge in [-0.1, -0.05) is 79.9 Å². The van der Waals surface area contributed by atoms with Gasteiger partial charge in [0.25, 0.3) is 0 Å². The van der Waals surface area contributed by atoms with Gasteiger partial charge in [0, 0.05) is 0 Å². The highest BCUT2D eigenvalue weighted by atomic mass is 16.3. The fourth-order valence-electron chi connectivity index (χ4n) is 4.26. The maximum Gasteiger partial charge on any atom is 0.0924 e. The SMILES string of the molecule is OC(CCCCc1ccccc1)(c1ccccc1)C1CCCCC1. The van der Waals surface area contributed by atoms with Crippen LogP contribution >= 0.6 is 0 Å². The summed E-state index contributed by atoms with van der Waals surface area (Å²) in [6.07, 6.45) is 10.4. The molecule has 2 aromatic rings. The lowest BCUT2D eigenvalue weighted by molar-refractivity contribution is -0.0479. The molecule has 24 heavy (non-hydrogen) atoms. The number of unbranched alkanes of at least 4 members (excludes halogenated alkanes) is 1. The van der Waals surface area contributed by atoms with E-state index < -0.39 is 5.60 Å². The molecule has 1 aliphatic rings. The van der Waals surface area contributed by atoms with Crippen LogP contribution in [0.5, 0.6) is 0 Å². The lowest BCUT2D eigenvalue weighted by Crippen LogP contribution is -2.36. The monoisotopic (exact) mass is 322 g/mol. The molecule has 1 aliphatic carbocycles. The van der Waals surface area contributed by atoms with Crippen LogP contribution in [0.15, 0.2) is 60.7 Å². The standard InChI is InChI=1S/C23H30O/c24-23(21-15-6-2-7-16-21,22-17-8-3-9-18-22)19-11-10-14-20-12-4-1-5-13-20/h1-2,4-7,12-13,15-16,22,24H,3,8-11,14,17-19H2. The van der Waals surface area contributed by atoms with Gasteiger partial charge < -0.3 is 5.11 Å². The van der Waals surface area contributed by atoms with Crippen molar-refractivity contribution in [1.29, 1.82) is 0 Å². The lowest BCUT2D eigenvalue weighted by atomic mass is 9.71. The lowest BCUT2D eigenvalue weighted by Gasteiger charge is -2.39. The molecule has 0 amide bonds. The van der Waals surface area contributed by atoms with E-state index in [9.17, 15) is 5.11 Å². The summed E-state index contributed by atoms with van der Waals surface area (Å²) in [5.41, 5.74) is 1.88. The normalized spacial score (nSPS) is 18.2. The Morgan fingerprint density at radius 2 is 1.42 bits per heavy atom. The first-order valence-electron chi connectivity index (χ1n) is 9.61. The summed E-state index contributed by atoms with van der Waals surface area (Å²) in [5.74, 6) is 0.422. The van der Waals surface area contributed by atoms with Crippen molar-refractivity contribution in [1.82, 2.24) is 0 Å². The van der Waals surface area contributed by atoms with Crippen LogP contribution in [0.3, 0.4) is 0 Å². The summed E-state index contributed by atoms with van der Waals surface area (Å²) in [4.78, 5) is 0. The van der Waals surface area contributed by atoms with E-state index in [4.69, 9.17) is 0 Å². The average molecular weight is 322 g/mol. The summed E-state index contributed by atoms with van der Waals surface area (Å²) in [5, 5.41) is 11.6. The van der Waals surface area contributed by atoms with Crippen molar-refractivity contribution in [2.45, 2.75) is 63.4 Å². The van der Waals surface area contributed by atoms with E-state index in [0.717, 1.165) is 31.2 Å². The van der Waals surface area contributed by atoms with Gasteiger partial charge in [-0.15, -0.1) is 0 Å². The number of aryl methyl sites for hydroxylation is 1. The topological polar surface area (TPSA) is 20.2 Å². The van der Waals surface area contributed by atoms with Crippen LogP contribution in [0.25, 0.3) is 0 Å². The Morgan fingerprint density at radius 1 is 0.792 bits per heavy atom. The van der Waals surface area contributed by atoms with Gasteiger partial charge in [-0.2, -0.15) is 0 Å². The van der Waals surface area contributed by atoms with Crippen LogP contribution in [0.4, 0.5) is 0 Å². The summed E-state index contributed by atoms with van der Waals surface area (Å²) in [7, 11) is 0. The van der Waals surface area contributed by atoms with E-state index in [1.165, 1.54) is 37.7 Å². The molecule has 1 N–H and O–H groups in total. The minimum Gasteiger partial charge on any atom is -0.385 e. The maximum atomic E-state index is 11.6. The van der Waals surface area contributed by atoms with Crippen molar-refractivity contribution in [3.8, 4) is 0 Å². The fraction of sp³-hybridized carbons (Fsp3) is 0.478. The summed E-state index contributed by atoms with van der Waals surface area (Å²) in [6, 6.07) is 21.1. The number of benzene rings is 2. The van der Waals surface area contributed by atoms with Crippen LogP contribution in [-0.4, -0.2) is 5.11 Å². The molecule has 0 aromatic heterocycles. The molecular formula is C23H30O. The Hall–Kier alpha value is -1.60. The summed E-state index contributed by atoms with van der Waals surface area (Å²) >= 11 is 0. The predicted molar refractivity (Wildman–Crippen MR) is 101 cm³/mol. The molecule has 0 aliphatic heterocycles. The number of hydrogen-bond acceptors (Lipinski definition) is 1. The number of aliphatic hydroxyl groups is 1. The molecule has 1 saturated carbocycles. The predicted octanol–water partition coefficient (Wildman–Crippen LogP) is 5.87. The Labute approximate surface area is 146 Å². The second-order valence-electron chi connectivity index (χ2n) is 7.32. The van der Waals surface area contributed by atoms with Gasteiger partial charge in [0.05, 0.1) is 5.60 Å². The highest BCUT2D eigenvalue weighted by Gasteiger charge is 2.38. The maximum absolute atomic E-state index is 11.6. The van der Waals surface area contributed by atoms with E-state index in [-0.39, 0.29) is 0 Å². The van der Waals surface area contributed by atoms with E-state index in [0.29, 0.717) is 5.92 Å². The highest BCUT2D eigenvalue weighted by Crippen LogP contribution is 2.42. The van der Waals surface area contributed by atoms with E-state index in [1.54, 1.807) is 0 Å². The molecule has 1 nitrogen and oxygen atoms in total. The molecule has 0 spiro atoms. The van der Waals surface area contributed by atoms with Crippen LogP contribution in [0.2, 0.25) is 0 Å². The first-order valence-corrected chi connectivity index (χ1v) is 9.61. The first-order chi connectivity index (χ1) is 11.8. The summed E-state index contributed by atoms with van der Waals surface area (Å²) < 4.78 is 0. The van der Waals surface area contributed by atoms with Gasteiger partial charge in [-0.05, 0) is 55.6 Å². The van der Waals surface area contributed by atoms with E-state index in [2.05, 4.69) is 54.6 Å². The van der Waals surface area contributed by atoms with Crippen molar-refractivity contribution in [2.75, 3.05) is 0 Å². The third-order valence-electron chi connectivity index (χ3n) is 5.67.